The summed E-state index contributed by atoms with van der Waals surface area (Å²) in [5.74, 6) is 1.57. The van der Waals surface area contributed by atoms with E-state index in [2.05, 4.69) is 41.6 Å². The highest BCUT2D eigenvalue weighted by atomic mass is 16.3. The number of fused-ring (bicyclic) bond motifs is 1. The van der Waals surface area contributed by atoms with Gasteiger partial charge in [0, 0.05) is 25.3 Å². The fraction of sp³-hybridized carbons (Fsp3) is 0.400. The molecule has 100 valence electrons. The standard InChI is InChI=1S/C15H19N3O/c1-11-14(13-5-3-2-4-6-13)15-16-9-12(7-8-19)10-18(15)17-11/h2-6,12,16,19H,7-10H2,1H3. The molecule has 1 aromatic heterocycles. The summed E-state index contributed by atoms with van der Waals surface area (Å²) in [5.41, 5.74) is 3.45. The first-order chi connectivity index (χ1) is 9.29. The average molecular weight is 257 g/mol. The molecule has 0 saturated heterocycles. The van der Waals surface area contributed by atoms with Crippen LogP contribution < -0.4 is 5.32 Å². The van der Waals surface area contributed by atoms with Gasteiger partial charge in [0.25, 0.3) is 0 Å². The van der Waals surface area contributed by atoms with E-state index in [1.807, 2.05) is 10.7 Å². The van der Waals surface area contributed by atoms with Crippen LogP contribution in [0.25, 0.3) is 11.1 Å². The van der Waals surface area contributed by atoms with E-state index >= 15 is 0 Å². The van der Waals surface area contributed by atoms with Crippen molar-refractivity contribution in [2.24, 2.45) is 5.92 Å². The Morgan fingerprint density at radius 2 is 2.16 bits per heavy atom. The molecule has 0 amide bonds. The van der Waals surface area contributed by atoms with Crippen LogP contribution in [0.5, 0.6) is 0 Å². The second-order valence-corrected chi connectivity index (χ2v) is 5.12. The summed E-state index contributed by atoms with van der Waals surface area (Å²) < 4.78 is 2.04. The summed E-state index contributed by atoms with van der Waals surface area (Å²) in [4.78, 5) is 0. The summed E-state index contributed by atoms with van der Waals surface area (Å²) >= 11 is 0. The maximum Gasteiger partial charge on any atom is 0.132 e. The minimum absolute atomic E-state index is 0.244. The van der Waals surface area contributed by atoms with Gasteiger partial charge in [-0.15, -0.1) is 0 Å². The lowest BCUT2D eigenvalue weighted by Crippen LogP contribution is -2.28. The number of anilines is 1. The summed E-state index contributed by atoms with van der Waals surface area (Å²) in [6.45, 7) is 4.09. The molecule has 1 aromatic carbocycles. The Balaban J connectivity index is 1.97. The number of aliphatic hydroxyl groups is 1. The lowest BCUT2D eigenvalue weighted by molar-refractivity contribution is 0.244. The number of nitrogens with one attached hydrogen (secondary N) is 1. The van der Waals surface area contributed by atoms with Crippen LogP contribution in [0.1, 0.15) is 12.1 Å². The highest BCUT2D eigenvalue weighted by Gasteiger charge is 2.23. The van der Waals surface area contributed by atoms with Gasteiger partial charge in [0.05, 0.1) is 5.69 Å². The van der Waals surface area contributed by atoms with Crippen LogP contribution in [0.4, 0.5) is 5.82 Å². The van der Waals surface area contributed by atoms with Crippen molar-refractivity contribution in [1.29, 1.82) is 0 Å². The van der Waals surface area contributed by atoms with Crippen molar-refractivity contribution in [2.45, 2.75) is 19.9 Å². The van der Waals surface area contributed by atoms with Crippen molar-refractivity contribution in [3.63, 3.8) is 0 Å². The van der Waals surface area contributed by atoms with Gasteiger partial charge >= 0.3 is 0 Å². The summed E-state index contributed by atoms with van der Waals surface area (Å²) in [7, 11) is 0. The number of aryl methyl sites for hydroxylation is 1. The fourth-order valence-corrected chi connectivity index (χ4v) is 2.77. The van der Waals surface area contributed by atoms with Gasteiger partial charge in [-0.1, -0.05) is 30.3 Å². The lowest BCUT2D eigenvalue weighted by Gasteiger charge is -2.25. The fourth-order valence-electron chi connectivity index (χ4n) is 2.77. The van der Waals surface area contributed by atoms with E-state index < -0.39 is 0 Å². The van der Waals surface area contributed by atoms with E-state index in [4.69, 9.17) is 5.11 Å². The molecule has 1 unspecified atom stereocenters. The zero-order valence-electron chi connectivity index (χ0n) is 11.1. The molecule has 0 radical (unpaired) electrons. The maximum absolute atomic E-state index is 9.05. The zero-order valence-corrected chi connectivity index (χ0v) is 11.1. The number of benzene rings is 1. The largest absolute Gasteiger partial charge is 0.396 e. The van der Waals surface area contributed by atoms with E-state index in [-0.39, 0.29) is 6.61 Å². The Labute approximate surface area is 113 Å². The number of hydrogen-bond acceptors (Lipinski definition) is 3. The Morgan fingerprint density at radius 3 is 2.89 bits per heavy atom. The van der Waals surface area contributed by atoms with E-state index in [0.717, 1.165) is 31.0 Å². The second kappa shape index (κ2) is 5.05. The molecule has 1 aliphatic rings. The van der Waals surface area contributed by atoms with E-state index in [0.29, 0.717) is 5.92 Å². The number of nitrogens with zero attached hydrogens (tertiary/aromatic N) is 2. The highest BCUT2D eigenvalue weighted by Crippen LogP contribution is 2.34. The molecule has 4 heteroatoms. The van der Waals surface area contributed by atoms with Crippen LogP contribution in [0.3, 0.4) is 0 Å². The number of aromatic nitrogens is 2. The lowest BCUT2D eigenvalue weighted by atomic mass is 10.0. The molecule has 0 spiro atoms. The van der Waals surface area contributed by atoms with Gasteiger partial charge in [-0.2, -0.15) is 5.10 Å². The van der Waals surface area contributed by atoms with E-state index in [1.54, 1.807) is 0 Å². The summed E-state index contributed by atoms with van der Waals surface area (Å²) in [6.07, 6.45) is 0.825. The van der Waals surface area contributed by atoms with Crippen molar-refractivity contribution < 1.29 is 5.11 Å². The molecular weight excluding hydrogens is 238 g/mol. The van der Waals surface area contributed by atoms with Crippen molar-refractivity contribution >= 4 is 5.82 Å². The van der Waals surface area contributed by atoms with Gasteiger partial charge in [0.2, 0.25) is 0 Å². The van der Waals surface area contributed by atoms with Crippen LogP contribution in [0.15, 0.2) is 30.3 Å². The zero-order chi connectivity index (χ0) is 13.2. The molecular formula is C15H19N3O. The van der Waals surface area contributed by atoms with Crippen molar-refractivity contribution in [3.8, 4) is 11.1 Å². The predicted octanol–water partition coefficient (Wildman–Crippen LogP) is 2.28. The van der Waals surface area contributed by atoms with E-state index in [9.17, 15) is 0 Å². The second-order valence-electron chi connectivity index (χ2n) is 5.12. The summed E-state index contributed by atoms with van der Waals surface area (Å²) in [5, 5.41) is 17.2. The van der Waals surface area contributed by atoms with Crippen molar-refractivity contribution in [3.05, 3.63) is 36.0 Å². The molecule has 1 atom stereocenters. The van der Waals surface area contributed by atoms with Crippen LogP contribution in [0.2, 0.25) is 0 Å². The number of aliphatic hydroxyl groups excluding tert-OH is 1. The molecule has 2 heterocycles. The van der Waals surface area contributed by atoms with Gasteiger partial charge in [0.15, 0.2) is 0 Å². The molecule has 2 N–H and O–H groups in total. The summed E-state index contributed by atoms with van der Waals surface area (Å²) in [6, 6.07) is 10.4. The van der Waals surface area contributed by atoms with Crippen molar-refractivity contribution in [1.82, 2.24) is 9.78 Å². The predicted molar refractivity (Wildman–Crippen MR) is 76.1 cm³/mol. The molecule has 0 bridgehead atoms. The maximum atomic E-state index is 9.05. The number of rotatable bonds is 3. The Hall–Kier alpha value is -1.81. The third-order valence-corrected chi connectivity index (χ3v) is 3.72. The van der Waals surface area contributed by atoms with Crippen molar-refractivity contribution in [2.75, 3.05) is 18.5 Å². The molecule has 0 fully saturated rings. The minimum Gasteiger partial charge on any atom is -0.396 e. The molecule has 2 aromatic rings. The highest BCUT2D eigenvalue weighted by molar-refractivity contribution is 5.78. The van der Waals surface area contributed by atoms with Crippen LogP contribution >= 0.6 is 0 Å². The first kappa shape index (κ1) is 12.2. The van der Waals surface area contributed by atoms with Crippen LogP contribution in [0, 0.1) is 12.8 Å². The molecule has 19 heavy (non-hydrogen) atoms. The molecule has 1 aliphatic heterocycles. The Kier molecular flexibility index (Phi) is 3.25. The molecule has 3 rings (SSSR count). The van der Waals surface area contributed by atoms with Gasteiger partial charge in [-0.3, -0.25) is 0 Å². The topological polar surface area (TPSA) is 50.1 Å². The Morgan fingerprint density at radius 1 is 1.37 bits per heavy atom. The molecule has 4 nitrogen and oxygen atoms in total. The molecule has 0 aliphatic carbocycles. The van der Waals surface area contributed by atoms with E-state index in [1.165, 1.54) is 11.1 Å². The normalized spacial score (nSPS) is 17.9. The minimum atomic E-state index is 0.244. The van der Waals surface area contributed by atoms with Crippen LogP contribution in [-0.4, -0.2) is 28.0 Å². The van der Waals surface area contributed by atoms with Crippen LogP contribution in [-0.2, 0) is 6.54 Å². The Bertz CT molecular complexity index is 562. The van der Waals surface area contributed by atoms with Gasteiger partial charge in [0.1, 0.15) is 5.82 Å². The molecule has 0 saturated carbocycles. The van der Waals surface area contributed by atoms with Gasteiger partial charge < -0.3 is 10.4 Å². The quantitative estimate of drug-likeness (QED) is 0.887. The average Bonchev–Trinajstić information content (AvgIpc) is 2.75. The van der Waals surface area contributed by atoms with Gasteiger partial charge in [-0.25, -0.2) is 4.68 Å². The first-order valence-electron chi connectivity index (χ1n) is 6.77. The third-order valence-electron chi connectivity index (χ3n) is 3.72. The van der Waals surface area contributed by atoms with Gasteiger partial charge in [-0.05, 0) is 24.8 Å². The SMILES string of the molecule is Cc1nn2c(c1-c1ccccc1)NCC(CCO)C2. The number of hydrogen-bond donors (Lipinski definition) is 2. The first-order valence-corrected chi connectivity index (χ1v) is 6.77. The third kappa shape index (κ3) is 2.24. The smallest absolute Gasteiger partial charge is 0.132 e. The monoisotopic (exact) mass is 257 g/mol.